The van der Waals surface area contributed by atoms with Crippen molar-refractivity contribution in [2.45, 2.75) is 109 Å². The van der Waals surface area contributed by atoms with E-state index in [9.17, 15) is 5.11 Å². The van der Waals surface area contributed by atoms with Gasteiger partial charge in [-0.25, -0.2) is 0 Å². The molecule has 30 heavy (non-hydrogen) atoms. The summed E-state index contributed by atoms with van der Waals surface area (Å²) in [6.07, 6.45) is 7.11. The molecule has 3 heterocycles. The Labute approximate surface area is 183 Å². The zero-order chi connectivity index (χ0) is 21.7. The molecular formula is C24H46N4O2. The Morgan fingerprint density at radius 1 is 1.03 bits per heavy atom. The van der Waals surface area contributed by atoms with Crippen molar-refractivity contribution in [3.63, 3.8) is 0 Å². The highest BCUT2D eigenvalue weighted by molar-refractivity contribution is 5.06. The quantitative estimate of drug-likeness (QED) is 0.642. The number of nitrogens with zero attached hydrogens (tertiary/aromatic N) is 2. The van der Waals surface area contributed by atoms with Crippen LogP contribution in [0.5, 0.6) is 0 Å². The van der Waals surface area contributed by atoms with Gasteiger partial charge < -0.3 is 26.2 Å². The molecule has 0 aromatic rings. The van der Waals surface area contributed by atoms with E-state index in [1.165, 1.54) is 0 Å². The molecule has 4 unspecified atom stereocenters. The van der Waals surface area contributed by atoms with E-state index in [-0.39, 0.29) is 40.7 Å². The lowest BCUT2D eigenvalue weighted by Crippen LogP contribution is -2.56. The number of nitrogens with two attached hydrogens (primary N) is 2. The maximum Gasteiger partial charge on any atom is 0.0749 e. The number of hydrogen-bond acceptors (Lipinski definition) is 6. The average molecular weight is 423 g/mol. The Morgan fingerprint density at radius 2 is 1.63 bits per heavy atom. The molecule has 4 atom stereocenters. The summed E-state index contributed by atoms with van der Waals surface area (Å²) in [4.78, 5) is 5.20. The monoisotopic (exact) mass is 422 g/mol. The van der Waals surface area contributed by atoms with Gasteiger partial charge in [0, 0.05) is 29.1 Å². The van der Waals surface area contributed by atoms with Crippen molar-refractivity contribution in [3.8, 4) is 0 Å². The first-order valence-electron chi connectivity index (χ1n) is 12.4. The van der Waals surface area contributed by atoms with E-state index in [1.54, 1.807) is 0 Å². The van der Waals surface area contributed by atoms with Crippen LogP contribution in [0, 0.1) is 10.8 Å². The average Bonchev–Trinajstić information content (AvgIpc) is 3.13. The van der Waals surface area contributed by atoms with Gasteiger partial charge in [0.2, 0.25) is 0 Å². The minimum atomic E-state index is -0.206. The van der Waals surface area contributed by atoms with Crippen LogP contribution in [-0.4, -0.2) is 83.6 Å². The molecule has 0 radical (unpaired) electrons. The van der Waals surface area contributed by atoms with Gasteiger partial charge in [0.25, 0.3) is 0 Å². The molecule has 1 aliphatic carbocycles. The predicted octanol–water partition coefficient (Wildman–Crippen LogP) is 1.94. The van der Waals surface area contributed by atoms with E-state index in [0.29, 0.717) is 6.04 Å². The van der Waals surface area contributed by atoms with E-state index in [1.807, 2.05) is 0 Å². The number of rotatable bonds is 4. The summed E-state index contributed by atoms with van der Waals surface area (Å²) in [5, 5.41) is 10.1. The second-order valence-electron chi connectivity index (χ2n) is 11.9. The summed E-state index contributed by atoms with van der Waals surface area (Å²) in [6.45, 7) is 14.5. The lowest BCUT2D eigenvalue weighted by atomic mass is 9.71. The SMILES string of the molecule is CC(C)N1CCC2(CC1)COC(CC(C)(C)N1CCC3(CC1)CC(O)CC3N)C2N. The largest absolute Gasteiger partial charge is 0.393 e. The first-order valence-corrected chi connectivity index (χ1v) is 12.4. The fourth-order valence-electron chi connectivity index (χ4n) is 7.02. The van der Waals surface area contributed by atoms with Crippen molar-refractivity contribution in [2.75, 3.05) is 32.8 Å². The van der Waals surface area contributed by atoms with Crippen LogP contribution >= 0.6 is 0 Å². The lowest BCUT2D eigenvalue weighted by Gasteiger charge is -2.49. The molecule has 0 aromatic carbocycles. The molecule has 2 spiro atoms. The van der Waals surface area contributed by atoms with E-state index >= 15 is 0 Å². The van der Waals surface area contributed by atoms with Crippen molar-refractivity contribution in [2.24, 2.45) is 22.3 Å². The van der Waals surface area contributed by atoms with Gasteiger partial charge in [0.05, 0.1) is 18.8 Å². The second-order valence-corrected chi connectivity index (χ2v) is 11.9. The zero-order valence-electron chi connectivity index (χ0n) is 19.8. The molecule has 4 rings (SSSR count). The van der Waals surface area contributed by atoms with Crippen LogP contribution < -0.4 is 11.5 Å². The normalized spacial score (nSPS) is 37.6. The maximum absolute atomic E-state index is 10.1. The summed E-state index contributed by atoms with van der Waals surface area (Å²) < 4.78 is 6.38. The summed E-state index contributed by atoms with van der Waals surface area (Å²) in [7, 11) is 0. The van der Waals surface area contributed by atoms with E-state index in [2.05, 4.69) is 37.5 Å². The second kappa shape index (κ2) is 8.27. The van der Waals surface area contributed by atoms with Crippen molar-refractivity contribution >= 4 is 0 Å². The Kier molecular flexibility index (Phi) is 6.32. The Bertz CT molecular complexity index is 594. The van der Waals surface area contributed by atoms with Gasteiger partial charge in [-0.15, -0.1) is 0 Å². The molecule has 174 valence electrons. The lowest BCUT2D eigenvalue weighted by molar-refractivity contribution is -0.0100. The topological polar surface area (TPSA) is 88.0 Å². The molecule has 0 aromatic heterocycles. The van der Waals surface area contributed by atoms with E-state index < -0.39 is 0 Å². The van der Waals surface area contributed by atoms with Gasteiger partial charge in [-0.3, -0.25) is 4.90 Å². The van der Waals surface area contributed by atoms with E-state index in [0.717, 1.165) is 77.7 Å². The molecule has 4 aliphatic rings. The Hall–Kier alpha value is -0.240. The molecule has 0 amide bonds. The highest BCUT2D eigenvalue weighted by atomic mass is 16.5. The molecule has 5 N–H and O–H groups in total. The van der Waals surface area contributed by atoms with Crippen molar-refractivity contribution < 1.29 is 9.84 Å². The molecule has 3 saturated heterocycles. The van der Waals surface area contributed by atoms with Crippen molar-refractivity contribution in [1.82, 2.24) is 9.80 Å². The van der Waals surface area contributed by atoms with Gasteiger partial charge in [-0.1, -0.05) is 0 Å². The van der Waals surface area contributed by atoms with Gasteiger partial charge in [0.1, 0.15) is 0 Å². The molecular weight excluding hydrogens is 376 g/mol. The van der Waals surface area contributed by atoms with Crippen LogP contribution in [-0.2, 0) is 4.74 Å². The van der Waals surface area contributed by atoms with E-state index in [4.69, 9.17) is 16.2 Å². The first-order chi connectivity index (χ1) is 14.1. The Balaban J connectivity index is 1.33. The molecule has 3 aliphatic heterocycles. The highest BCUT2D eigenvalue weighted by Gasteiger charge is 2.52. The molecule has 0 bridgehead atoms. The first kappa shape index (κ1) is 22.9. The summed E-state index contributed by atoms with van der Waals surface area (Å²) in [5.41, 5.74) is 13.7. The summed E-state index contributed by atoms with van der Waals surface area (Å²) in [6, 6.07) is 0.911. The van der Waals surface area contributed by atoms with Gasteiger partial charge in [-0.2, -0.15) is 0 Å². The minimum Gasteiger partial charge on any atom is -0.393 e. The maximum atomic E-state index is 10.1. The zero-order valence-corrected chi connectivity index (χ0v) is 19.8. The standard InChI is InChI=1S/C24H46N4O2/c1-17(2)27-9-5-24(6-10-27)16-30-19(21(24)26)15-22(3,4)28-11-7-23(8-12-28)14-18(29)13-20(23)25/h17-21,29H,5-16,25-26H2,1-4H3. The highest BCUT2D eigenvalue weighted by Crippen LogP contribution is 2.48. The third-order valence-corrected chi connectivity index (χ3v) is 9.49. The van der Waals surface area contributed by atoms with Crippen LogP contribution in [0.3, 0.4) is 0 Å². The number of aliphatic hydroxyl groups is 1. The van der Waals surface area contributed by atoms with Crippen LogP contribution in [0.25, 0.3) is 0 Å². The fourth-order valence-corrected chi connectivity index (χ4v) is 7.02. The summed E-state index contributed by atoms with van der Waals surface area (Å²) >= 11 is 0. The van der Waals surface area contributed by atoms with Crippen LogP contribution in [0.2, 0.25) is 0 Å². The fraction of sp³-hybridized carbons (Fsp3) is 1.00. The van der Waals surface area contributed by atoms with Gasteiger partial charge in [-0.05, 0) is 104 Å². The van der Waals surface area contributed by atoms with Gasteiger partial charge in [0.15, 0.2) is 0 Å². The number of aliphatic hydroxyl groups excluding tert-OH is 1. The third-order valence-electron chi connectivity index (χ3n) is 9.49. The smallest absolute Gasteiger partial charge is 0.0749 e. The van der Waals surface area contributed by atoms with Crippen molar-refractivity contribution in [3.05, 3.63) is 0 Å². The van der Waals surface area contributed by atoms with Crippen molar-refractivity contribution in [1.29, 1.82) is 0 Å². The minimum absolute atomic E-state index is 0.0649. The summed E-state index contributed by atoms with van der Waals surface area (Å²) in [5.74, 6) is 0. The van der Waals surface area contributed by atoms with Crippen LogP contribution in [0.15, 0.2) is 0 Å². The number of ether oxygens (including phenoxy) is 1. The molecule has 6 nitrogen and oxygen atoms in total. The number of hydrogen-bond donors (Lipinski definition) is 3. The third kappa shape index (κ3) is 4.08. The molecule has 1 saturated carbocycles. The predicted molar refractivity (Wildman–Crippen MR) is 121 cm³/mol. The van der Waals surface area contributed by atoms with Crippen LogP contribution in [0.4, 0.5) is 0 Å². The molecule has 4 fully saturated rings. The Morgan fingerprint density at radius 3 is 2.17 bits per heavy atom. The van der Waals surface area contributed by atoms with Crippen LogP contribution in [0.1, 0.15) is 72.6 Å². The van der Waals surface area contributed by atoms with Gasteiger partial charge >= 0.3 is 0 Å². The number of piperidine rings is 2. The number of likely N-dealkylation sites (tertiary alicyclic amines) is 2. The molecule has 6 heteroatoms.